The summed E-state index contributed by atoms with van der Waals surface area (Å²) in [6.45, 7) is 2.16. The summed E-state index contributed by atoms with van der Waals surface area (Å²) in [6.07, 6.45) is -0.525. The molecule has 2 aliphatic heterocycles. The molecule has 2 heterocycles. The van der Waals surface area contributed by atoms with Crippen LogP contribution >= 0.6 is 11.8 Å². The van der Waals surface area contributed by atoms with Crippen LogP contribution in [0.4, 0.5) is 0 Å². The van der Waals surface area contributed by atoms with Gasteiger partial charge in [-0.2, -0.15) is 0 Å². The first kappa shape index (κ1) is 23.2. The van der Waals surface area contributed by atoms with Crippen LogP contribution in [-0.2, 0) is 35.1 Å². The van der Waals surface area contributed by atoms with Crippen molar-refractivity contribution in [2.24, 2.45) is 0 Å². The molecule has 0 unspecified atom stereocenters. The van der Waals surface area contributed by atoms with Crippen molar-refractivity contribution < 1.29 is 28.5 Å². The van der Waals surface area contributed by atoms with E-state index < -0.39 is 30.8 Å². The lowest BCUT2D eigenvalue weighted by atomic mass is 9.95. The largest absolute Gasteiger partial charge is 0.362 e. The number of carbonyl (C=O) groups is 1. The van der Waals surface area contributed by atoms with Crippen molar-refractivity contribution in [3.63, 3.8) is 0 Å². The maximum Gasteiger partial charge on any atom is 0.217 e. The van der Waals surface area contributed by atoms with Crippen LogP contribution in [0, 0.1) is 0 Å². The Balaban J connectivity index is 1.54. The molecule has 2 aliphatic rings. The Kier molecular flexibility index (Phi) is 8.18. The van der Waals surface area contributed by atoms with E-state index in [1.165, 1.54) is 6.92 Å². The maximum absolute atomic E-state index is 12.0. The second-order valence-electron chi connectivity index (χ2n) is 7.78. The van der Waals surface area contributed by atoms with Gasteiger partial charge in [0.1, 0.15) is 24.4 Å². The Bertz CT molecular complexity index is 854. The summed E-state index contributed by atoms with van der Waals surface area (Å²) in [6, 6.07) is 19.1. The summed E-state index contributed by atoms with van der Waals surface area (Å²) >= 11 is 1.56. The van der Waals surface area contributed by atoms with Crippen molar-refractivity contribution in [2.75, 3.05) is 18.8 Å². The van der Waals surface area contributed by atoms with E-state index in [9.17, 15) is 4.79 Å². The molecule has 0 bridgehead atoms. The Labute approximate surface area is 192 Å². The molecular weight excluding hydrogens is 430 g/mol. The minimum atomic E-state index is -0.701. The Hall–Kier alpha value is -1.94. The first-order valence-electron chi connectivity index (χ1n) is 10.7. The Morgan fingerprint density at radius 3 is 2.47 bits per heavy atom. The quantitative estimate of drug-likeness (QED) is 0.608. The van der Waals surface area contributed by atoms with E-state index in [4.69, 9.17) is 23.7 Å². The standard InChI is InChI=1S/C24H29NO6S/c1-16(26)25-20-22(29-15-32-2)21-19(14-28-23(31-21)18-11-7-4-8-12-18)30-24(20)27-13-17-9-5-3-6-10-17/h3-12,19-24H,13-15H2,1-2H3,(H,25,26)/t19-,20+,21+,22-,23+,24+/m1/s1. The van der Waals surface area contributed by atoms with Crippen molar-refractivity contribution in [3.05, 3.63) is 71.8 Å². The average molecular weight is 460 g/mol. The molecule has 1 N–H and O–H groups in total. The third kappa shape index (κ3) is 5.70. The van der Waals surface area contributed by atoms with Crippen LogP contribution in [0.2, 0.25) is 0 Å². The molecule has 7 nitrogen and oxygen atoms in total. The molecular formula is C24H29NO6S. The second kappa shape index (κ2) is 11.3. The van der Waals surface area contributed by atoms with Gasteiger partial charge in [0.05, 0.1) is 19.2 Å². The zero-order chi connectivity index (χ0) is 22.3. The van der Waals surface area contributed by atoms with Crippen molar-refractivity contribution in [1.82, 2.24) is 5.32 Å². The van der Waals surface area contributed by atoms with Crippen LogP contribution in [0.3, 0.4) is 0 Å². The molecule has 2 saturated heterocycles. The molecule has 0 aliphatic carbocycles. The SMILES string of the molecule is CSCO[C@@H]1[C@H](NC(C)=O)[C@@H](OCc2ccccc2)O[C@@H]2CO[C@H](c3ccccc3)O[C@H]12. The summed E-state index contributed by atoms with van der Waals surface area (Å²) in [4.78, 5) is 12.0. The van der Waals surface area contributed by atoms with Crippen LogP contribution in [-0.4, -0.2) is 55.4 Å². The lowest BCUT2D eigenvalue weighted by Crippen LogP contribution is -2.67. The predicted octanol–water partition coefficient (Wildman–Crippen LogP) is 3.25. The Morgan fingerprint density at radius 1 is 1.06 bits per heavy atom. The van der Waals surface area contributed by atoms with Gasteiger partial charge in [0, 0.05) is 12.5 Å². The molecule has 2 aromatic carbocycles. The van der Waals surface area contributed by atoms with E-state index in [1.807, 2.05) is 66.9 Å². The molecule has 2 fully saturated rings. The number of nitrogens with one attached hydrogen (secondary N) is 1. The molecule has 0 radical (unpaired) electrons. The number of fused-ring (bicyclic) bond motifs is 1. The fraction of sp³-hybridized carbons (Fsp3) is 0.458. The van der Waals surface area contributed by atoms with Gasteiger partial charge in [0.25, 0.3) is 0 Å². The number of carbonyl (C=O) groups excluding carboxylic acids is 1. The van der Waals surface area contributed by atoms with Crippen molar-refractivity contribution in [2.45, 2.75) is 50.5 Å². The predicted molar refractivity (Wildman–Crippen MR) is 121 cm³/mol. The number of thioether (sulfide) groups is 1. The summed E-state index contributed by atoms with van der Waals surface area (Å²) < 4.78 is 30.8. The van der Waals surface area contributed by atoms with Crippen LogP contribution in [0.5, 0.6) is 0 Å². The molecule has 6 atom stereocenters. The van der Waals surface area contributed by atoms with Gasteiger partial charge in [0.2, 0.25) is 5.91 Å². The molecule has 2 aromatic rings. The number of amides is 1. The molecule has 0 spiro atoms. The van der Waals surface area contributed by atoms with E-state index in [0.29, 0.717) is 19.2 Å². The number of hydrogen-bond acceptors (Lipinski definition) is 7. The minimum Gasteiger partial charge on any atom is -0.362 e. The van der Waals surface area contributed by atoms with E-state index >= 15 is 0 Å². The zero-order valence-corrected chi connectivity index (χ0v) is 19.0. The average Bonchev–Trinajstić information content (AvgIpc) is 2.82. The lowest BCUT2D eigenvalue weighted by molar-refractivity contribution is -0.348. The van der Waals surface area contributed by atoms with Gasteiger partial charge in [-0.3, -0.25) is 4.79 Å². The highest BCUT2D eigenvalue weighted by atomic mass is 32.2. The molecule has 4 rings (SSSR count). The maximum atomic E-state index is 12.0. The van der Waals surface area contributed by atoms with E-state index in [2.05, 4.69) is 5.32 Å². The highest BCUT2D eigenvalue weighted by molar-refractivity contribution is 7.98. The van der Waals surface area contributed by atoms with Crippen LogP contribution < -0.4 is 5.32 Å². The van der Waals surface area contributed by atoms with Crippen LogP contribution in [0.15, 0.2) is 60.7 Å². The normalized spacial score (nSPS) is 29.8. The highest BCUT2D eigenvalue weighted by Crippen LogP contribution is 2.36. The second-order valence-corrected chi connectivity index (χ2v) is 8.59. The first-order valence-corrected chi connectivity index (χ1v) is 12.1. The van der Waals surface area contributed by atoms with Gasteiger partial charge < -0.3 is 29.0 Å². The summed E-state index contributed by atoms with van der Waals surface area (Å²) in [5.41, 5.74) is 1.94. The van der Waals surface area contributed by atoms with E-state index in [-0.39, 0.29) is 12.0 Å². The highest BCUT2D eigenvalue weighted by Gasteiger charge is 2.51. The molecule has 32 heavy (non-hydrogen) atoms. The number of benzene rings is 2. The van der Waals surface area contributed by atoms with Crippen molar-refractivity contribution >= 4 is 17.7 Å². The summed E-state index contributed by atoms with van der Waals surface area (Å²) in [5, 5.41) is 2.97. The smallest absolute Gasteiger partial charge is 0.217 e. The van der Waals surface area contributed by atoms with Gasteiger partial charge in [0.15, 0.2) is 12.6 Å². The van der Waals surface area contributed by atoms with Gasteiger partial charge in [-0.05, 0) is 11.8 Å². The third-order valence-electron chi connectivity index (χ3n) is 5.42. The van der Waals surface area contributed by atoms with E-state index in [1.54, 1.807) is 11.8 Å². The lowest BCUT2D eigenvalue weighted by Gasteiger charge is -2.49. The fourth-order valence-corrected chi connectivity index (χ4v) is 4.27. The van der Waals surface area contributed by atoms with Crippen molar-refractivity contribution in [1.29, 1.82) is 0 Å². The third-order valence-corrected chi connectivity index (χ3v) is 5.79. The summed E-state index contributed by atoms with van der Waals surface area (Å²) in [7, 11) is 0. The number of rotatable bonds is 8. The van der Waals surface area contributed by atoms with Gasteiger partial charge in [-0.1, -0.05) is 60.7 Å². The molecule has 1 amide bonds. The topological polar surface area (TPSA) is 75.3 Å². The first-order chi connectivity index (χ1) is 15.7. The van der Waals surface area contributed by atoms with Crippen LogP contribution in [0.1, 0.15) is 24.3 Å². The van der Waals surface area contributed by atoms with Gasteiger partial charge in [-0.15, -0.1) is 11.8 Å². The molecule has 0 saturated carbocycles. The van der Waals surface area contributed by atoms with E-state index in [0.717, 1.165) is 11.1 Å². The minimum absolute atomic E-state index is 0.185. The number of ether oxygens (including phenoxy) is 5. The van der Waals surface area contributed by atoms with Crippen LogP contribution in [0.25, 0.3) is 0 Å². The van der Waals surface area contributed by atoms with Gasteiger partial charge in [-0.25, -0.2) is 0 Å². The van der Waals surface area contributed by atoms with Gasteiger partial charge >= 0.3 is 0 Å². The van der Waals surface area contributed by atoms with Crippen molar-refractivity contribution in [3.8, 4) is 0 Å². The molecule has 8 heteroatoms. The molecule has 0 aromatic heterocycles. The summed E-state index contributed by atoms with van der Waals surface area (Å²) in [5.74, 6) is 0.269. The monoisotopic (exact) mass is 459 g/mol. The number of hydrogen-bond donors (Lipinski definition) is 1. The Morgan fingerprint density at radius 2 is 1.78 bits per heavy atom. The fourth-order valence-electron chi connectivity index (χ4n) is 3.98. The zero-order valence-electron chi connectivity index (χ0n) is 18.2. The molecule has 172 valence electrons.